The fourth-order valence-corrected chi connectivity index (χ4v) is 3.35. The van der Waals surface area contributed by atoms with Crippen LogP contribution in [0, 0.1) is 0 Å². The Kier molecular flexibility index (Phi) is 6.22. The molecule has 27 heavy (non-hydrogen) atoms. The Bertz CT molecular complexity index is 770. The van der Waals surface area contributed by atoms with Gasteiger partial charge in [0.25, 0.3) is 0 Å². The van der Waals surface area contributed by atoms with Crippen LogP contribution in [0.5, 0.6) is 11.5 Å². The summed E-state index contributed by atoms with van der Waals surface area (Å²) in [5.41, 5.74) is 2.64. The smallest absolute Gasteiger partial charge is 0.191 e. The number of aliphatic imine (C=N–C) groups is 1. The standard InChI is InChI=1S/C22H29N3O2/c1-4-23-21(24-15-17-9-8-12-19(26-2)20(17)27-3)25-16-22(13-14-22)18-10-6-5-7-11-18/h5-12H,4,13-16H2,1-3H3,(H2,23,24,25). The molecule has 3 rings (SSSR count). The normalized spacial score (nSPS) is 15.1. The first kappa shape index (κ1) is 19.1. The number of nitrogens with one attached hydrogen (secondary N) is 2. The van der Waals surface area contributed by atoms with Gasteiger partial charge in [-0.2, -0.15) is 0 Å². The summed E-state index contributed by atoms with van der Waals surface area (Å²) in [5, 5.41) is 6.86. The van der Waals surface area contributed by atoms with E-state index >= 15 is 0 Å². The van der Waals surface area contributed by atoms with E-state index in [-0.39, 0.29) is 5.41 Å². The van der Waals surface area contributed by atoms with Crippen molar-refractivity contribution in [1.29, 1.82) is 0 Å². The largest absolute Gasteiger partial charge is 0.493 e. The highest BCUT2D eigenvalue weighted by Gasteiger charge is 2.43. The molecular formula is C22H29N3O2. The highest BCUT2D eigenvalue weighted by molar-refractivity contribution is 5.80. The number of benzene rings is 2. The SMILES string of the molecule is CCNC(=NCc1cccc(OC)c1OC)NCC1(c2ccccc2)CC1. The zero-order valence-electron chi connectivity index (χ0n) is 16.4. The number of rotatable bonds is 8. The van der Waals surface area contributed by atoms with Crippen LogP contribution in [0.25, 0.3) is 0 Å². The maximum Gasteiger partial charge on any atom is 0.191 e. The molecule has 1 fully saturated rings. The van der Waals surface area contributed by atoms with Crippen molar-refractivity contribution in [3.63, 3.8) is 0 Å². The summed E-state index contributed by atoms with van der Waals surface area (Å²) in [7, 11) is 3.31. The topological polar surface area (TPSA) is 54.9 Å². The summed E-state index contributed by atoms with van der Waals surface area (Å²) < 4.78 is 10.9. The Morgan fingerprint density at radius 3 is 2.41 bits per heavy atom. The first-order chi connectivity index (χ1) is 13.2. The molecule has 0 saturated heterocycles. The number of para-hydroxylation sites is 1. The molecule has 0 atom stereocenters. The first-order valence-electron chi connectivity index (χ1n) is 9.50. The molecule has 0 unspecified atom stereocenters. The van der Waals surface area contributed by atoms with Crippen molar-refractivity contribution in [3.05, 3.63) is 59.7 Å². The predicted molar refractivity (Wildman–Crippen MR) is 110 cm³/mol. The lowest BCUT2D eigenvalue weighted by atomic mass is 9.96. The molecule has 1 aliphatic carbocycles. The minimum Gasteiger partial charge on any atom is -0.493 e. The molecule has 0 aromatic heterocycles. The van der Waals surface area contributed by atoms with E-state index in [0.29, 0.717) is 6.54 Å². The van der Waals surface area contributed by atoms with E-state index in [1.54, 1.807) is 14.2 Å². The minimum atomic E-state index is 0.241. The van der Waals surface area contributed by atoms with Gasteiger partial charge in [-0.1, -0.05) is 42.5 Å². The first-order valence-corrected chi connectivity index (χ1v) is 9.50. The van der Waals surface area contributed by atoms with E-state index in [1.807, 2.05) is 18.2 Å². The Balaban J connectivity index is 1.69. The third kappa shape index (κ3) is 4.54. The molecule has 2 aromatic rings. The van der Waals surface area contributed by atoms with Crippen LogP contribution < -0.4 is 20.1 Å². The molecule has 0 heterocycles. The van der Waals surface area contributed by atoms with Gasteiger partial charge in [-0.15, -0.1) is 0 Å². The fraction of sp³-hybridized carbons (Fsp3) is 0.409. The van der Waals surface area contributed by atoms with Crippen LogP contribution in [0.15, 0.2) is 53.5 Å². The van der Waals surface area contributed by atoms with Crippen molar-refractivity contribution in [2.75, 3.05) is 27.3 Å². The maximum atomic E-state index is 5.51. The molecule has 0 radical (unpaired) electrons. The molecule has 5 nitrogen and oxygen atoms in total. The number of nitrogens with zero attached hydrogens (tertiary/aromatic N) is 1. The summed E-state index contributed by atoms with van der Waals surface area (Å²) in [5.74, 6) is 2.29. The Hall–Kier alpha value is -2.69. The Morgan fingerprint density at radius 2 is 1.78 bits per heavy atom. The van der Waals surface area contributed by atoms with Gasteiger partial charge < -0.3 is 20.1 Å². The molecule has 0 spiro atoms. The molecule has 2 aromatic carbocycles. The van der Waals surface area contributed by atoms with Gasteiger partial charge in [-0.25, -0.2) is 4.99 Å². The quantitative estimate of drug-likeness (QED) is 0.554. The summed E-state index contributed by atoms with van der Waals surface area (Å²) in [6.07, 6.45) is 2.43. The van der Waals surface area contributed by atoms with Gasteiger partial charge in [0, 0.05) is 24.1 Å². The highest BCUT2D eigenvalue weighted by Crippen LogP contribution is 2.47. The van der Waals surface area contributed by atoms with Gasteiger partial charge in [-0.05, 0) is 31.4 Å². The third-order valence-corrected chi connectivity index (χ3v) is 5.07. The van der Waals surface area contributed by atoms with Crippen LogP contribution >= 0.6 is 0 Å². The van der Waals surface area contributed by atoms with Gasteiger partial charge in [0.05, 0.1) is 20.8 Å². The van der Waals surface area contributed by atoms with E-state index in [2.05, 4.69) is 47.9 Å². The molecule has 0 bridgehead atoms. The lowest BCUT2D eigenvalue weighted by molar-refractivity contribution is 0.352. The molecule has 1 saturated carbocycles. The Morgan fingerprint density at radius 1 is 1.00 bits per heavy atom. The average Bonchev–Trinajstić information content (AvgIpc) is 3.51. The molecule has 5 heteroatoms. The van der Waals surface area contributed by atoms with E-state index in [4.69, 9.17) is 14.5 Å². The van der Waals surface area contributed by atoms with Gasteiger partial charge in [0.2, 0.25) is 0 Å². The monoisotopic (exact) mass is 367 g/mol. The zero-order chi connectivity index (χ0) is 19.1. The number of guanidine groups is 1. The summed E-state index contributed by atoms with van der Waals surface area (Å²) in [6, 6.07) is 16.6. The minimum absolute atomic E-state index is 0.241. The molecule has 1 aliphatic rings. The lowest BCUT2D eigenvalue weighted by Gasteiger charge is -2.19. The van der Waals surface area contributed by atoms with Crippen molar-refractivity contribution >= 4 is 5.96 Å². The van der Waals surface area contributed by atoms with Crippen molar-refractivity contribution in [2.24, 2.45) is 4.99 Å². The highest BCUT2D eigenvalue weighted by atomic mass is 16.5. The van der Waals surface area contributed by atoms with Crippen molar-refractivity contribution in [2.45, 2.75) is 31.7 Å². The van der Waals surface area contributed by atoms with E-state index in [0.717, 1.165) is 36.1 Å². The number of methoxy groups -OCH3 is 2. The second kappa shape index (κ2) is 8.80. The average molecular weight is 367 g/mol. The predicted octanol–water partition coefficient (Wildman–Crippen LogP) is 3.49. The van der Waals surface area contributed by atoms with Crippen LogP contribution in [-0.2, 0) is 12.0 Å². The second-order valence-electron chi connectivity index (χ2n) is 6.85. The van der Waals surface area contributed by atoms with E-state index in [1.165, 1.54) is 18.4 Å². The third-order valence-electron chi connectivity index (χ3n) is 5.07. The molecule has 0 aliphatic heterocycles. The van der Waals surface area contributed by atoms with Crippen LogP contribution in [0.3, 0.4) is 0 Å². The van der Waals surface area contributed by atoms with Gasteiger partial charge in [-0.3, -0.25) is 0 Å². The van der Waals surface area contributed by atoms with Crippen LogP contribution in [-0.4, -0.2) is 33.3 Å². The molecule has 144 valence electrons. The van der Waals surface area contributed by atoms with E-state index < -0.39 is 0 Å². The summed E-state index contributed by atoms with van der Waals surface area (Å²) in [4.78, 5) is 4.75. The lowest BCUT2D eigenvalue weighted by Crippen LogP contribution is -2.41. The van der Waals surface area contributed by atoms with Crippen LogP contribution in [0.2, 0.25) is 0 Å². The fourth-order valence-electron chi connectivity index (χ4n) is 3.35. The van der Waals surface area contributed by atoms with Gasteiger partial charge in [0.15, 0.2) is 17.5 Å². The Labute approximate surface area is 161 Å². The van der Waals surface area contributed by atoms with Crippen LogP contribution in [0.4, 0.5) is 0 Å². The van der Waals surface area contributed by atoms with Gasteiger partial charge >= 0.3 is 0 Å². The van der Waals surface area contributed by atoms with Crippen molar-refractivity contribution in [3.8, 4) is 11.5 Å². The van der Waals surface area contributed by atoms with Crippen LogP contribution in [0.1, 0.15) is 30.9 Å². The maximum absolute atomic E-state index is 5.51. The number of ether oxygens (including phenoxy) is 2. The van der Waals surface area contributed by atoms with Crippen molar-refractivity contribution in [1.82, 2.24) is 10.6 Å². The van der Waals surface area contributed by atoms with Crippen molar-refractivity contribution < 1.29 is 9.47 Å². The van der Waals surface area contributed by atoms with E-state index in [9.17, 15) is 0 Å². The molecule has 2 N–H and O–H groups in total. The number of hydrogen-bond donors (Lipinski definition) is 2. The molecular weight excluding hydrogens is 338 g/mol. The zero-order valence-corrected chi connectivity index (χ0v) is 16.4. The second-order valence-corrected chi connectivity index (χ2v) is 6.85. The summed E-state index contributed by atoms with van der Waals surface area (Å²) >= 11 is 0. The summed E-state index contributed by atoms with van der Waals surface area (Å²) in [6.45, 7) is 4.30. The van der Waals surface area contributed by atoms with Gasteiger partial charge in [0.1, 0.15) is 0 Å². The number of hydrogen-bond acceptors (Lipinski definition) is 3. The molecule has 0 amide bonds.